The molecule has 0 bridgehead atoms. The minimum Gasteiger partial charge on any atom is -0.438 e. The summed E-state index contributed by atoms with van der Waals surface area (Å²) in [6.45, 7) is 2.46. The van der Waals surface area contributed by atoms with Gasteiger partial charge in [-0.1, -0.05) is 36.8 Å². The van der Waals surface area contributed by atoms with Gasteiger partial charge in [0.2, 0.25) is 0 Å². The van der Waals surface area contributed by atoms with E-state index in [4.69, 9.17) is 4.42 Å². The zero-order chi connectivity index (χ0) is 14.7. The fourth-order valence-electron chi connectivity index (χ4n) is 3.18. The molecule has 21 heavy (non-hydrogen) atoms. The van der Waals surface area contributed by atoms with Gasteiger partial charge < -0.3 is 9.73 Å². The number of nitrogens with one attached hydrogen (secondary N) is 1. The highest BCUT2D eigenvalue weighted by Crippen LogP contribution is 2.39. The van der Waals surface area contributed by atoms with Gasteiger partial charge in [-0.05, 0) is 37.2 Å². The third-order valence-electron chi connectivity index (χ3n) is 4.23. The monoisotopic (exact) mass is 284 g/mol. The summed E-state index contributed by atoms with van der Waals surface area (Å²) in [5.41, 5.74) is 1.38. The summed E-state index contributed by atoms with van der Waals surface area (Å²) >= 11 is 0. The third-order valence-corrected chi connectivity index (χ3v) is 4.23. The van der Waals surface area contributed by atoms with E-state index in [-0.39, 0.29) is 11.8 Å². The first-order valence-corrected chi connectivity index (χ1v) is 7.49. The molecule has 0 radical (unpaired) electrons. The van der Waals surface area contributed by atoms with Crippen molar-refractivity contribution in [2.75, 3.05) is 6.54 Å². The van der Waals surface area contributed by atoms with Gasteiger partial charge in [0, 0.05) is 6.54 Å². The van der Waals surface area contributed by atoms with Crippen molar-refractivity contribution >= 4 is 5.91 Å². The molecule has 1 aliphatic carbocycles. The molecule has 1 aromatic carbocycles. The Labute approximate surface area is 124 Å². The lowest BCUT2D eigenvalue weighted by Gasteiger charge is -2.20. The second-order valence-corrected chi connectivity index (χ2v) is 5.69. The largest absolute Gasteiger partial charge is 0.438 e. The SMILES string of the molecule is Cc1cnc(C(=O)NCC2CCCC2c2ccccc2)o1. The highest BCUT2D eigenvalue weighted by Gasteiger charge is 2.29. The van der Waals surface area contributed by atoms with Crippen molar-refractivity contribution in [2.24, 2.45) is 5.92 Å². The Morgan fingerprint density at radius 1 is 1.33 bits per heavy atom. The van der Waals surface area contributed by atoms with E-state index in [9.17, 15) is 4.79 Å². The molecule has 0 aliphatic heterocycles. The number of rotatable bonds is 4. The van der Waals surface area contributed by atoms with Gasteiger partial charge in [0.15, 0.2) is 0 Å². The molecule has 2 unspecified atom stereocenters. The number of benzene rings is 1. The van der Waals surface area contributed by atoms with E-state index in [1.165, 1.54) is 18.4 Å². The van der Waals surface area contributed by atoms with Gasteiger partial charge in [0.05, 0.1) is 6.20 Å². The summed E-state index contributed by atoms with van der Waals surface area (Å²) < 4.78 is 5.25. The van der Waals surface area contributed by atoms with Crippen molar-refractivity contribution in [1.82, 2.24) is 10.3 Å². The van der Waals surface area contributed by atoms with Crippen LogP contribution < -0.4 is 5.32 Å². The lowest BCUT2D eigenvalue weighted by atomic mass is 9.89. The van der Waals surface area contributed by atoms with Crippen LogP contribution in [0.4, 0.5) is 0 Å². The number of hydrogen-bond acceptors (Lipinski definition) is 3. The highest BCUT2D eigenvalue weighted by molar-refractivity contribution is 5.89. The summed E-state index contributed by atoms with van der Waals surface area (Å²) in [7, 11) is 0. The summed E-state index contributed by atoms with van der Waals surface area (Å²) in [6.07, 6.45) is 5.14. The predicted octanol–water partition coefficient (Wildman–Crippen LogP) is 3.30. The van der Waals surface area contributed by atoms with Crippen molar-refractivity contribution < 1.29 is 9.21 Å². The van der Waals surface area contributed by atoms with Crippen LogP contribution in [0.15, 0.2) is 40.9 Å². The number of oxazole rings is 1. The van der Waals surface area contributed by atoms with Gasteiger partial charge in [-0.2, -0.15) is 0 Å². The van der Waals surface area contributed by atoms with E-state index >= 15 is 0 Å². The van der Waals surface area contributed by atoms with Crippen LogP contribution in [0.2, 0.25) is 0 Å². The van der Waals surface area contributed by atoms with Crippen molar-refractivity contribution in [3.05, 3.63) is 53.7 Å². The molecule has 1 N–H and O–H groups in total. The molecular weight excluding hydrogens is 264 g/mol. The fourth-order valence-corrected chi connectivity index (χ4v) is 3.18. The molecule has 4 heteroatoms. The number of aromatic nitrogens is 1. The third kappa shape index (κ3) is 3.15. The van der Waals surface area contributed by atoms with Crippen LogP contribution in [-0.2, 0) is 0 Å². The number of aryl methyl sites for hydroxylation is 1. The Balaban J connectivity index is 1.61. The van der Waals surface area contributed by atoms with Crippen LogP contribution in [0.5, 0.6) is 0 Å². The van der Waals surface area contributed by atoms with E-state index in [1.54, 1.807) is 13.1 Å². The second kappa shape index (κ2) is 6.12. The fraction of sp³-hybridized carbons (Fsp3) is 0.412. The second-order valence-electron chi connectivity index (χ2n) is 5.69. The first-order chi connectivity index (χ1) is 10.2. The standard InChI is InChI=1S/C17H20N2O2/c1-12-10-19-17(21-12)16(20)18-11-14-8-5-9-15(14)13-6-3-2-4-7-13/h2-4,6-7,10,14-15H,5,8-9,11H2,1H3,(H,18,20). The Morgan fingerprint density at radius 3 is 2.86 bits per heavy atom. The van der Waals surface area contributed by atoms with Gasteiger partial charge in [-0.15, -0.1) is 0 Å². The van der Waals surface area contributed by atoms with Crippen molar-refractivity contribution in [1.29, 1.82) is 0 Å². The van der Waals surface area contributed by atoms with Crippen LogP contribution >= 0.6 is 0 Å². The molecule has 3 rings (SSSR count). The maximum atomic E-state index is 12.0. The first-order valence-electron chi connectivity index (χ1n) is 7.49. The van der Waals surface area contributed by atoms with Gasteiger partial charge >= 0.3 is 5.91 Å². The summed E-state index contributed by atoms with van der Waals surface area (Å²) in [4.78, 5) is 15.9. The number of amides is 1. The summed E-state index contributed by atoms with van der Waals surface area (Å²) in [5, 5.41) is 2.96. The molecule has 0 saturated heterocycles. The molecule has 2 atom stereocenters. The molecule has 110 valence electrons. The topological polar surface area (TPSA) is 55.1 Å². The van der Waals surface area contributed by atoms with Crippen LogP contribution in [0, 0.1) is 12.8 Å². The molecular formula is C17H20N2O2. The predicted molar refractivity (Wildman–Crippen MR) is 80.1 cm³/mol. The molecule has 1 amide bonds. The molecule has 1 aromatic heterocycles. The van der Waals surface area contributed by atoms with E-state index in [0.717, 1.165) is 6.42 Å². The smallest absolute Gasteiger partial charge is 0.307 e. The molecule has 0 spiro atoms. The lowest BCUT2D eigenvalue weighted by molar-refractivity contribution is 0.0910. The van der Waals surface area contributed by atoms with Gasteiger partial charge in [-0.3, -0.25) is 4.79 Å². The minimum absolute atomic E-state index is 0.154. The van der Waals surface area contributed by atoms with E-state index in [2.05, 4.69) is 34.6 Å². The van der Waals surface area contributed by atoms with E-state index in [1.807, 2.05) is 6.07 Å². The van der Waals surface area contributed by atoms with Crippen LogP contribution in [0.3, 0.4) is 0 Å². The van der Waals surface area contributed by atoms with Crippen molar-refractivity contribution in [3.8, 4) is 0 Å². The van der Waals surface area contributed by atoms with Crippen molar-refractivity contribution in [3.63, 3.8) is 0 Å². The maximum Gasteiger partial charge on any atom is 0.307 e. The van der Waals surface area contributed by atoms with E-state index in [0.29, 0.717) is 24.1 Å². The first kappa shape index (κ1) is 13.9. The number of hydrogen-bond donors (Lipinski definition) is 1. The Morgan fingerprint density at radius 2 is 2.14 bits per heavy atom. The van der Waals surface area contributed by atoms with Crippen LogP contribution in [0.25, 0.3) is 0 Å². The number of nitrogens with zero attached hydrogens (tertiary/aromatic N) is 1. The van der Waals surface area contributed by atoms with Gasteiger partial charge in [0.1, 0.15) is 5.76 Å². The van der Waals surface area contributed by atoms with E-state index < -0.39 is 0 Å². The molecule has 1 fully saturated rings. The van der Waals surface area contributed by atoms with Crippen molar-refractivity contribution in [2.45, 2.75) is 32.1 Å². The van der Waals surface area contributed by atoms with Gasteiger partial charge in [-0.25, -0.2) is 4.98 Å². The summed E-state index contributed by atoms with van der Waals surface area (Å²) in [5.74, 6) is 1.62. The highest BCUT2D eigenvalue weighted by atomic mass is 16.4. The molecule has 4 nitrogen and oxygen atoms in total. The molecule has 1 aliphatic rings. The zero-order valence-corrected chi connectivity index (χ0v) is 12.2. The number of carbonyl (C=O) groups is 1. The molecule has 1 saturated carbocycles. The average Bonchev–Trinajstić information content (AvgIpc) is 3.14. The quantitative estimate of drug-likeness (QED) is 0.937. The average molecular weight is 284 g/mol. The Bertz CT molecular complexity index is 606. The molecule has 2 aromatic rings. The maximum absolute atomic E-state index is 12.0. The van der Waals surface area contributed by atoms with Crippen LogP contribution in [0.1, 0.15) is 47.2 Å². The Kier molecular flexibility index (Phi) is 4.04. The zero-order valence-electron chi connectivity index (χ0n) is 12.2. The minimum atomic E-state index is -0.221. The normalized spacial score (nSPS) is 21.4. The van der Waals surface area contributed by atoms with Gasteiger partial charge in [0.25, 0.3) is 5.89 Å². The summed E-state index contributed by atoms with van der Waals surface area (Å²) in [6, 6.07) is 10.6. The lowest BCUT2D eigenvalue weighted by Crippen LogP contribution is -2.30. The Hall–Kier alpha value is -2.10. The number of carbonyl (C=O) groups excluding carboxylic acids is 1. The van der Waals surface area contributed by atoms with Crippen LogP contribution in [-0.4, -0.2) is 17.4 Å². The molecule has 1 heterocycles.